The Labute approximate surface area is 117 Å². The van der Waals surface area contributed by atoms with Gasteiger partial charge < -0.3 is 15.2 Å². The van der Waals surface area contributed by atoms with Crippen LogP contribution in [0.4, 0.5) is 5.69 Å². The molecule has 1 aromatic rings. The molecule has 0 atom stereocenters. The van der Waals surface area contributed by atoms with Gasteiger partial charge in [-0.15, -0.1) is 0 Å². The van der Waals surface area contributed by atoms with Crippen LogP contribution in [-0.4, -0.2) is 30.2 Å². The molecule has 108 valence electrons. The van der Waals surface area contributed by atoms with Gasteiger partial charge in [0, 0.05) is 12.3 Å². The van der Waals surface area contributed by atoms with Crippen molar-refractivity contribution < 1.29 is 19.4 Å². The van der Waals surface area contributed by atoms with Gasteiger partial charge in [-0.1, -0.05) is 18.2 Å². The second-order valence-corrected chi connectivity index (χ2v) is 5.04. The van der Waals surface area contributed by atoms with Crippen molar-refractivity contribution in [2.45, 2.75) is 25.7 Å². The molecule has 0 unspecified atom stereocenters. The molecule has 0 saturated heterocycles. The summed E-state index contributed by atoms with van der Waals surface area (Å²) in [6.45, 7) is 1.15. The van der Waals surface area contributed by atoms with Crippen molar-refractivity contribution in [3.63, 3.8) is 0 Å². The molecule has 0 radical (unpaired) electrons. The van der Waals surface area contributed by atoms with E-state index >= 15 is 0 Å². The summed E-state index contributed by atoms with van der Waals surface area (Å²) in [5, 5.41) is 11.6. The number of rotatable bonds is 8. The lowest BCUT2D eigenvalue weighted by atomic mass is 10.1. The first-order chi connectivity index (χ1) is 9.65. The van der Waals surface area contributed by atoms with Crippen LogP contribution in [0.5, 0.6) is 0 Å². The van der Waals surface area contributed by atoms with Crippen LogP contribution in [-0.2, 0) is 20.7 Å². The molecule has 1 amide bonds. The highest BCUT2D eigenvalue weighted by molar-refractivity contribution is 5.92. The molecule has 2 N–H and O–H groups in total. The van der Waals surface area contributed by atoms with Gasteiger partial charge in [0.05, 0.1) is 19.4 Å². The van der Waals surface area contributed by atoms with E-state index in [-0.39, 0.29) is 18.7 Å². The van der Waals surface area contributed by atoms with Gasteiger partial charge in [-0.25, -0.2) is 0 Å². The Hall–Kier alpha value is -1.88. The van der Waals surface area contributed by atoms with Crippen molar-refractivity contribution in [3.8, 4) is 0 Å². The minimum Gasteiger partial charge on any atom is -0.481 e. The zero-order valence-electron chi connectivity index (χ0n) is 11.3. The monoisotopic (exact) mass is 277 g/mol. The van der Waals surface area contributed by atoms with Crippen LogP contribution < -0.4 is 5.32 Å². The Kier molecular flexibility index (Phi) is 5.12. The van der Waals surface area contributed by atoms with Crippen LogP contribution in [0.1, 0.15) is 24.8 Å². The van der Waals surface area contributed by atoms with Crippen molar-refractivity contribution in [3.05, 3.63) is 29.8 Å². The Balaban J connectivity index is 1.78. The van der Waals surface area contributed by atoms with E-state index in [4.69, 9.17) is 9.84 Å². The lowest BCUT2D eigenvalue weighted by molar-refractivity contribution is -0.136. The predicted molar refractivity (Wildman–Crippen MR) is 74.6 cm³/mol. The van der Waals surface area contributed by atoms with Gasteiger partial charge in [0.15, 0.2) is 0 Å². The number of para-hydroxylation sites is 1. The summed E-state index contributed by atoms with van der Waals surface area (Å²) < 4.78 is 5.41. The van der Waals surface area contributed by atoms with E-state index in [9.17, 15) is 9.59 Å². The highest BCUT2D eigenvalue weighted by Gasteiger charge is 2.21. The van der Waals surface area contributed by atoms with Crippen LogP contribution in [0, 0.1) is 5.92 Å². The number of ether oxygens (including phenoxy) is 1. The number of carbonyl (C=O) groups excluding carboxylic acids is 1. The molecule has 0 heterocycles. The number of carboxylic acids is 1. The summed E-state index contributed by atoms with van der Waals surface area (Å²) in [5.74, 6) is -0.382. The van der Waals surface area contributed by atoms with E-state index in [1.165, 1.54) is 12.8 Å². The molecule has 0 spiro atoms. The van der Waals surface area contributed by atoms with Crippen molar-refractivity contribution in [2.75, 3.05) is 18.5 Å². The third-order valence-electron chi connectivity index (χ3n) is 3.16. The van der Waals surface area contributed by atoms with E-state index in [1.807, 2.05) is 0 Å². The summed E-state index contributed by atoms with van der Waals surface area (Å²) in [7, 11) is 0. The fourth-order valence-corrected chi connectivity index (χ4v) is 1.87. The van der Waals surface area contributed by atoms with Gasteiger partial charge in [-0.3, -0.25) is 9.59 Å². The van der Waals surface area contributed by atoms with Gasteiger partial charge in [-0.2, -0.15) is 0 Å². The Morgan fingerprint density at radius 2 is 2.05 bits per heavy atom. The van der Waals surface area contributed by atoms with Crippen LogP contribution in [0.15, 0.2) is 24.3 Å². The van der Waals surface area contributed by atoms with Gasteiger partial charge in [0.1, 0.15) is 0 Å². The predicted octanol–water partition coefficient (Wildman–Crippen LogP) is 2.07. The molecule has 1 aliphatic carbocycles. The largest absolute Gasteiger partial charge is 0.481 e. The van der Waals surface area contributed by atoms with E-state index in [1.54, 1.807) is 24.3 Å². The minimum absolute atomic E-state index is 0.103. The molecule has 5 heteroatoms. The number of anilines is 1. The van der Waals surface area contributed by atoms with Gasteiger partial charge >= 0.3 is 5.97 Å². The smallest absolute Gasteiger partial charge is 0.307 e. The van der Waals surface area contributed by atoms with E-state index in [0.717, 1.165) is 6.61 Å². The topological polar surface area (TPSA) is 75.6 Å². The van der Waals surface area contributed by atoms with Crippen LogP contribution >= 0.6 is 0 Å². The molecule has 1 saturated carbocycles. The summed E-state index contributed by atoms with van der Waals surface area (Å²) in [4.78, 5) is 22.5. The van der Waals surface area contributed by atoms with E-state index in [0.29, 0.717) is 23.8 Å². The fraction of sp³-hybridized carbons (Fsp3) is 0.467. The molecule has 5 nitrogen and oxygen atoms in total. The molecule has 1 aromatic carbocycles. The maximum atomic E-state index is 11.8. The number of hydrogen-bond donors (Lipinski definition) is 2. The van der Waals surface area contributed by atoms with Gasteiger partial charge in [0.25, 0.3) is 0 Å². The zero-order valence-corrected chi connectivity index (χ0v) is 11.3. The molecule has 0 bridgehead atoms. The summed E-state index contributed by atoms with van der Waals surface area (Å²) in [6, 6.07) is 6.94. The van der Waals surface area contributed by atoms with Crippen molar-refractivity contribution in [1.82, 2.24) is 0 Å². The molecule has 2 rings (SSSR count). The number of amides is 1. The second-order valence-electron chi connectivity index (χ2n) is 5.04. The van der Waals surface area contributed by atoms with Crippen molar-refractivity contribution in [2.24, 2.45) is 5.92 Å². The quantitative estimate of drug-likeness (QED) is 0.713. The third-order valence-corrected chi connectivity index (χ3v) is 3.16. The maximum absolute atomic E-state index is 11.8. The molecule has 1 fully saturated rings. The Morgan fingerprint density at radius 1 is 1.30 bits per heavy atom. The molecule has 0 aliphatic heterocycles. The van der Waals surface area contributed by atoms with Crippen molar-refractivity contribution in [1.29, 1.82) is 0 Å². The van der Waals surface area contributed by atoms with Crippen LogP contribution in [0.2, 0.25) is 0 Å². The summed E-state index contributed by atoms with van der Waals surface area (Å²) in [6.07, 6.45) is 2.65. The van der Waals surface area contributed by atoms with Crippen LogP contribution in [0.3, 0.4) is 0 Å². The van der Waals surface area contributed by atoms with E-state index < -0.39 is 5.97 Å². The fourth-order valence-electron chi connectivity index (χ4n) is 1.87. The van der Waals surface area contributed by atoms with Gasteiger partial charge in [-0.05, 0) is 30.4 Å². The molecule has 1 aliphatic rings. The normalized spacial score (nSPS) is 14.0. The number of carboxylic acid groups (broad SMARTS) is 1. The number of aliphatic carboxylic acids is 1. The molecular weight excluding hydrogens is 258 g/mol. The highest BCUT2D eigenvalue weighted by atomic mass is 16.5. The number of nitrogens with one attached hydrogen (secondary N) is 1. The maximum Gasteiger partial charge on any atom is 0.307 e. The lowest BCUT2D eigenvalue weighted by Gasteiger charge is -2.09. The average Bonchev–Trinajstić information content (AvgIpc) is 3.20. The van der Waals surface area contributed by atoms with Gasteiger partial charge in [0.2, 0.25) is 5.91 Å². The highest BCUT2D eigenvalue weighted by Crippen LogP contribution is 2.28. The molecule has 0 aromatic heterocycles. The first-order valence-electron chi connectivity index (χ1n) is 6.82. The Morgan fingerprint density at radius 3 is 2.75 bits per heavy atom. The number of benzene rings is 1. The molecular formula is C15H19NO4. The SMILES string of the molecule is O=C(O)Cc1ccccc1NC(=O)CCOCC1CC1. The molecule has 20 heavy (non-hydrogen) atoms. The van der Waals surface area contributed by atoms with Crippen LogP contribution in [0.25, 0.3) is 0 Å². The summed E-state index contributed by atoms with van der Waals surface area (Å²) >= 11 is 0. The number of hydrogen-bond acceptors (Lipinski definition) is 3. The minimum atomic E-state index is -0.917. The third kappa shape index (κ3) is 5.01. The van der Waals surface area contributed by atoms with Crippen molar-refractivity contribution >= 4 is 17.6 Å². The summed E-state index contributed by atoms with van der Waals surface area (Å²) in [5.41, 5.74) is 1.16. The Bertz CT molecular complexity index is 483. The average molecular weight is 277 g/mol. The second kappa shape index (κ2) is 7.05. The standard InChI is InChI=1S/C15H19NO4/c17-14(7-8-20-10-11-5-6-11)16-13-4-2-1-3-12(13)9-15(18)19/h1-4,11H,5-10H2,(H,16,17)(H,18,19). The lowest BCUT2D eigenvalue weighted by Crippen LogP contribution is -2.16. The number of carbonyl (C=O) groups is 2. The first kappa shape index (κ1) is 14.5. The van der Waals surface area contributed by atoms with E-state index in [2.05, 4.69) is 5.32 Å². The first-order valence-corrected chi connectivity index (χ1v) is 6.82. The zero-order chi connectivity index (χ0) is 14.4.